The first kappa shape index (κ1) is 8.69. The lowest BCUT2D eigenvalue weighted by Crippen LogP contribution is -2.24. The van der Waals surface area contributed by atoms with E-state index in [-0.39, 0.29) is 0 Å². The van der Waals surface area contributed by atoms with Gasteiger partial charge in [-0.3, -0.25) is 0 Å². The summed E-state index contributed by atoms with van der Waals surface area (Å²) in [5.41, 5.74) is 0. The summed E-state index contributed by atoms with van der Waals surface area (Å²) in [7, 11) is 0. The molecule has 0 aromatic rings. The highest BCUT2D eigenvalue weighted by atomic mass is 32.1. The summed E-state index contributed by atoms with van der Waals surface area (Å²) in [4.78, 5) is 0. The van der Waals surface area contributed by atoms with Gasteiger partial charge in [0.05, 0.1) is 6.61 Å². The molecular weight excluding hydrogens is 134 g/mol. The van der Waals surface area contributed by atoms with Gasteiger partial charge in [0.25, 0.3) is 5.17 Å². The van der Waals surface area contributed by atoms with E-state index >= 15 is 0 Å². The highest BCUT2D eigenvalue weighted by Gasteiger charge is 1.89. The fourth-order valence-corrected chi connectivity index (χ4v) is 0.629. The van der Waals surface area contributed by atoms with Crippen LogP contribution in [0, 0.1) is 0 Å². The van der Waals surface area contributed by atoms with Gasteiger partial charge < -0.3 is 10.1 Å². The predicted molar refractivity (Wildman–Crippen MR) is 42.5 cm³/mol. The quantitative estimate of drug-likeness (QED) is 0.608. The molecule has 0 heterocycles. The smallest absolute Gasteiger partial charge is 0.256 e. The zero-order chi connectivity index (χ0) is 7.11. The molecule has 0 bridgehead atoms. The van der Waals surface area contributed by atoms with Crippen LogP contribution in [0.4, 0.5) is 0 Å². The standard InChI is InChI=1S/C6H13NOS/c1-3-5-7-6(9)8-4-2/h3-5H2,1-2H3,(H,7,9). The summed E-state index contributed by atoms with van der Waals surface area (Å²) in [5.74, 6) is 0. The second-order valence-corrected chi connectivity index (χ2v) is 2.02. The lowest BCUT2D eigenvalue weighted by molar-refractivity contribution is 0.320. The van der Waals surface area contributed by atoms with Crippen LogP contribution in [0.1, 0.15) is 20.3 Å². The van der Waals surface area contributed by atoms with Crippen molar-refractivity contribution >= 4 is 17.4 Å². The van der Waals surface area contributed by atoms with E-state index in [1.54, 1.807) is 0 Å². The molecule has 9 heavy (non-hydrogen) atoms. The van der Waals surface area contributed by atoms with E-state index in [0.717, 1.165) is 13.0 Å². The Morgan fingerprint density at radius 3 is 2.67 bits per heavy atom. The van der Waals surface area contributed by atoms with Crippen molar-refractivity contribution in [2.45, 2.75) is 20.3 Å². The summed E-state index contributed by atoms with van der Waals surface area (Å²) >= 11 is 4.79. The summed E-state index contributed by atoms with van der Waals surface area (Å²) in [5, 5.41) is 3.46. The minimum absolute atomic E-state index is 0.513. The Kier molecular flexibility index (Phi) is 5.62. The average molecular weight is 147 g/mol. The van der Waals surface area contributed by atoms with E-state index in [9.17, 15) is 0 Å². The lowest BCUT2D eigenvalue weighted by atomic mass is 10.5. The molecule has 0 rings (SSSR count). The highest BCUT2D eigenvalue weighted by Crippen LogP contribution is 1.77. The van der Waals surface area contributed by atoms with Crippen LogP contribution in [0.3, 0.4) is 0 Å². The summed E-state index contributed by atoms with van der Waals surface area (Å²) < 4.78 is 4.96. The molecule has 3 heteroatoms. The number of ether oxygens (including phenoxy) is 1. The Hall–Kier alpha value is -0.310. The maximum atomic E-state index is 4.96. The van der Waals surface area contributed by atoms with Gasteiger partial charge in [-0.1, -0.05) is 6.92 Å². The second kappa shape index (κ2) is 5.82. The third-order valence-electron chi connectivity index (χ3n) is 0.795. The van der Waals surface area contributed by atoms with Crippen LogP contribution >= 0.6 is 12.2 Å². The molecular formula is C6H13NOS. The molecule has 1 N–H and O–H groups in total. The number of thiocarbonyl (C=S) groups is 1. The van der Waals surface area contributed by atoms with E-state index < -0.39 is 0 Å². The maximum Gasteiger partial charge on any atom is 0.256 e. The molecule has 0 aliphatic carbocycles. The van der Waals surface area contributed by atoms with Crippen molar-refractivity contribution in [2.75, 3.05) is 13.2 Å². The van der Waals surface area contributed by atoms with Crippen molar-refractivity contribution in [1.29, 1.82) is 0 Å². The Labute approximate surface area is 61.6 Å². The first-order valence-electron chi connectivity index (χ1n) is 3.21. The molecule has 0 aromatic heterocycles. The molecule has 54 valence electrons. The van der Waals surface area contributed by atoms with Crippen LogP contribution in [-0.2, 0) is 4.74 Å². The molecule has 0 fully saturated rings. The minimum Gasteiger partial charge on any atom is -0.471 e. The van der Waals surface area contributed by atoms with Gasteiger partial charge >= 0.3 is 0 Å². The molecule has 0 spiro atoms. The molecule has 0 atom stereocenters. The molecule has 2 nitrogen and oxygen atoms in total. The van der Waals surface area contributed by atoms with Crippen molar-refractivity contribution in [1.82, 2.24) is 5.32 Å². The minimum atomic E-state index is 0.513. The van der Waals surface area contributed by atoms with Gasteiger partial charge in [0.1, 0.15) is 0 Å². The second-order valence-electron chi connectivity index (χ2n) is 1.65. The molecule has 0 unspecified atom stereocenters. The van der Waals surface area contributed by atoms with E-state index in [0.29, 0.717) is 11.8 Å². The van der Waals surface area contributed by atoms with Gasteiger partial charge in [0.2, 0.25) is 0 Å². The first-order valence-corrected chi connectivity index (χ1v) is 3.62. The SMILES string of the molecule is CCCNC(=S)OCC. The zero-order valence-electron chi connectivity index (χ0n) is 5.94. The van der Waals surface area contributed by atoms with Crippen LogP contribution in [0.5, 0.6) is 0 Å². The number of rotatable bonds is 3. The maximum absolute atomic E-state index is 4.96. The lowest BCUT2D eigenvalue weighted by Gasteiger charge is -2.04. The van der Waals surface area contributed by atoms with Gasteiger partial charge in [0, 0.05) is 6.54 Å². The fraction of sp³-hybridized carbons (Fsp3) is 0.833. The molecule has 0 saturated heterocycles. The topological polar surface area (TPSA) is 21.3 Å². The molecule has 0 aromatic carbocycles. The summed E-state index contributed by atoms with van der Waals surface area (Å²) in [6, 6.07) is 0. The Morgan fingerprint density at radius 1 is 1.56 bits per heavy atom. The summed E-state index contributed by atoms with van der Waals surface area (Å²) in [6.07, 6.45) is 1.08. The van der Waals surface area contributed by atoms with Gasteiger partial charge in [-0.05, 0) is 25.6 Å². The third kappa shape index (κ3) is 5.56. The average Bonchev–Trinajstić information content (AvgIpc) is 1.85. The zero-order valence-corrected chi connectivity index (χ0v) is 6.75. The van der Waals surface area contributed by atoms with Gasteiger partial charge in [-0.15, -0.1) is 0 Å². The van der Waals surface area contributed by atoms with Gasteiger partial charge in [-0.25, -0.2) is 0 Å². The highest BCUT2D eigenvalue weighted by molar-refractivity contribution is 7.80. The third-order valence-corrected chi connectivity index (χ3v) is 1.06. The predicted octanol–water partition coefficient (Wildman–Crippen LogP) is 1.31. The monoisotopic (exact) mass is 147 g/mol. The van der Waals surface area contributed by atoms with Crippen molar-refractivity contribution in [3.8, 4) is 0 Å². The number of hydrogen-bond donors (Lipinski definition) is 1. The van der Waals surface area contributed by atoms with Crippen LogP contribution in [-0.4, -0.2) is 18.3 Å². The van der Waals surface area contributed by atoms with Crippen molar-refractivity contribution in [3.05, 3.63) is 0 Å². The summed E-state index contributed by atoms with van der Waals surface area (Å²) in [6.45, 7) is 5.55. The van der Waals surface area contributed by atoms with Crippen LogP contribution in [0.25, 0.3) is 0 Å². The van der Waals surface area contributed by atoms with E-state index in [2.05, 4.69) is 12.2 Å². The van der Waals surface area contributed by atoms with E-state index in [1.807, 2.05) is 6.92 Å². The van der Waals surface area contributed by atoms with Crippen LogP contribution < -0.4 is 5.32 Å². The first-order chi connectivity index (χ1) is 4.31. The van der Waals surface area contributed by atoms with E-state index in [1.165, 1.54) is 0 Å². The molecule has 0 amide bonds. The van der Waals surface area contributed by atoms with Crippen molar-refractivity contribution in [2.24, 2.45) is 0 Å². The van der Waals surface area contributed by atoms with Crippen molar-refractivity contribution < 1.29 is 4.74 Å². The van der Waals surface area contributed by atoms with Gasteiger partial charge in [0.15, 0.2) is 0 Å². The Morgan fingerprint density at radius 2 is 2.22 bits per heavy atom. The van der Waals surface area contributed by atoms with E-state index in [4.69, 9.17) is 17.0 Å². The Balaban J connectivity index is 3.06. The molecule has 0 aliphatic rings. The fourth-order valence-electron chi connectivity index (χ4n) is 0.409. The Bertz CT molecular complexity index is 85.1. The molecule has 0 saturated carbocycles. The number of nitrogens with one attached hydrogen (secondary N) is 1. The van der Waals surface area contributed by atoms with Crippen LogP contribution in [0.15, 0.2) is 0 Å². The van der Waals surface area contributed by atoms with Gasteiger partial charge in [-0.2, -0.15) is 0 Å². The largest absolute Gasteiger partial charge is 0.471 e. The van der Waals surface area contributed by atoms with Crippen LogP contribution in [0.2, 0.25) is 0 Å². The normalized spacial score (nSPS) is 8.67. The number of hydrogen-bond acceptors (Lipinski definition) is 2. The molecule has 0 radical (unpaired) electrons. The van der Waals surface area contributed by atoms with Crippen molar-refractivity contribution in [3.63, 3.8) is 0 Å². The molecule has 0 aliphatic heterocycles.